The molecule has 0 amide bonds. The highest BCUT2D eigenvalue weighted by Crippen LogP contribution is 2.22. The van der Waals surface area contributed by atoms with Crippen molar-refractivity contribution >= 4 is 23.4 Å². The third-order valence-electron chi connectivity index (χ3n) is 2.30. The molecule has 5 nitrogen and oxygen atoms in total. The van der Waals surface area contributed by atoms with E-state index in [4.69, 9.17) is 11.6 Å². The van der Waals surface area contributed by atoms with Crippen LogP contribution in [0.5, 0.6) is 0 Å². The van der Waals surface area contributed by atoms with Gasteiger partial charge in [-0.15, -0.1) is 0 Å². The van der Waals surface area contributed by atoms with Gasteiger partial charge in [-0.25, -0.2) is 4.98 Å². The van der Waals surface area contributed by atoms with Crippen molar-refractivity contribution in [3.8, 4) is 0 Å². The first-order chi connectivity index (χ1) is 8.04. The van der Waals surface area contributed by atoms with E-state index in [1.807, 2.05) is 18.9 Å². The van der Waals surface area contributed by atoms with E-state index in [9.17, 15) is 5.11 Å². The minimum absolute atomic E-state index is 0.328. The Morgan fingerprint density at radius 1 is 1.59 bits per heavy atom. The number of nitrogens with zero attached hydrogens (tertiary/aromatic N) is 3. The zero-order chi connectivity index (χ0) is 12.8. The quantitative estimate of drug-likeness (QED) is 0.814. The first kappa shape index (κ1) is 14.0. The van der Waals surface area contributed by atoms with Gasteiger partial charge in [0.2, 0.25) is 5.95 Å². The van der Waals surface area contributed by atoms with Crippen molar-refractivity contribution < 1.29 is 5.11 Å². The minimum atomic E-state index is -0.328. The molecule has 0 radical (unpaired) electrons. The highest BCUT2D eigenvalue weighted by molar-refractivity contribution is 6.32. The second-order valence-electron chi connectivity index (χ2n) is 3.95. The molecule has 0 fully saturated rings. The third kappa shape index (κ3) is 4.36. The summed E-state index contributed by atoms with van der Waals surface area (Å²) >= 11 is 6.05. The number of aliphatic hydroxyl groups excluding tert-OH is 1. The van der Waals surface area contributed by atoms with Gasteiger partial charge in [0.1, 0.15) is 5.02 Å². The number of aromatic nitrogens is 2. The molecule has 1 rings (SSSR count). The van der Waals surface area contributed by atoms with E-state index in [0.29, 0.717) is 29.8 Å². The highest BCUT2D eigenvalue weighted by atomic mass is 35.5. The lowest BCUT2D eigenvalue weighted by Gasteiger charge is -2.20. The second kappa shape index (κ2) is 6.61. The van der Waals surface area contributed by atoms with Gasteiger partial charge in [-0.1, -0.05) is 11.6 Å². The molecule has 0 aliphatic carbocycles. The number of halogens is 1. The molecule has 0 bridgehead atoms. The molecule has 0 spiro atoms. The Balaban J connectivity index is 2.76. The molecule has 1 unspecified atom stereocenters. The lowest BCUT2D eigenvalue weighted by Crippen LogP contribution is -2.23. The van der Waals surface area contributed by atoms with Crippen LogP contribution in [0.2, 0.25) is 5.02 Å². The van der Waals surface area contributed by atoms with Crippen molar-refractivity contribution in [1.82, 2.24) is 9.97 Å². The fourth-order valence-electron chi connectivity index (χ4n) is 1.36. The summed E-state index contributed by atoms with van der Waals surface area (Å²) in [4.78, 5) is 10.3. The Kier molecular flexibility index (Phi) is 5.44. The van der Waals surface area contributed by atoms with Gasteiger partial charge in [0, 0.05) is 20.1 Å². The summed E-state index contributed by atoms with van der Waals surface area (Å²) in [6.07, 6.45) is 1.93. The van der Waals surface area contributed by atoms with Crippen LogP contribution < -0.4 is 10.2 Å². The molecular weight excluding hydrogens is 240 g/mol. The summed E-state index contributed by atoms with van der Waals surface area (Å²) in [7, 11) is 1.90. The van der Waals surface area contributed by atoms with Gasteiger partial charge in [0.05, 0.1) is 12.3 Å². The molecule has 2 N–H and O–H groups in total. The van der Waals surface area contributed by atoms with E-state index in [0.717, 1.165) is 6.54 Å². The predicted octanol–water partition coefficient (Wildman–Crippen LogP) is 1.77. The Bertz CT molecular complexity index is 359. The van der Waals surface area contributed by atoms with E-state index < -0.39 is 0 Å². The lowest BCUT2D eigenvalue weighted by atomic mass is 10.3. The molecule has 17 heavy (non-hydrogen) atoms. The zero-order valence-corrected chi connectivity index (χ0v) is 11.2. The van der Waals surface area contributed by atoms with Crippen LogP contribution in [0, 0.1) is 0 Å². The molecule has 96 valence electrons. The number of aliphatic hydroxyl groups is 1. The average molecular weight is 259 g/mol. The molecule has 0 saturated carbocycles. The van der Waals surface area contributed by atoms with E-state index in [1.165, 1.54) is 0 Å². The minimum Gasteiger partial charge on any atom is -0.393 e. The SMILES string of the molecule is CCNc1ncc(Cl)c(N(C)CCC(C)O)n1. The van der Waals surface area contributed by atoms with Crippen LogP contribution in [-0.4, -0.2) is 41.3 Å². The van der Waals surface area contributed by atoms with Crippen LogP contribution in [0.4, 0.5) is 11.8 Å². The van der Waals surface area contributed by atoms with E-state index in [2.05, 4.69) is 15.3 Å². The van der Waals surface area contributed by atoms with Crippen molar-refractivity contribution in [2.24, 2.45) is 0 Å². The van der Waals surface area contributed by atoms with Gasteiger partial charge in [0.25, 0.3) is 0 Å². The molecule has 0 aromatic carbocycles. The number of hydrogen-bond donors (Lipinski definition) is 2. The summed E-state index contributed by atoms with van der Waals surface area (Å²) in [5.41, 5.74) is 0. The fraction of sp³-hybridized carbons (Fsp3) is 0.636. The van der Waals surface area contributed by atoms with Crippen molar-refractivity contribution in [2.75, 3.05) is 30.4 Å². The van der Waals surface area contributed by atoms with Crippen molar-refractivity contribution in [1.29, 1.82) is 0 Å². The maximum atomic E-state index is 9.25. The maximum absolute atomic E-state index is 9.25. The van der Waals surface area contributed by atoms with Crippen LogP contribution >= 0.6 is 11.6 Å². The monoisotopic (exact) mass is 258 g/mol. The number of anilines is 2. The molecule has 0 aliphatic heterocycles. The molecular formula is C11H19ClN4O. The second-order valence-corrected chi connectivity index (χ2v) is 4.36. The van der Waals surface area contributed by atoms with Gasteiger partial charge in [-0.2, -0.15) is 4.98 Å². The first-order valence-electron chi connectivity index (χ1n) is 5.70. The molecule has 6 heteroatoms. The fourth-order valence-corrected chi connectivity index (χ4v) is 1.59. The summed E-state index contributed by atoms with van der Waals surface area (Å²) in [6.45, 7) is 5.20. The number of hydrogen-bond acceptors (Lipinski definition) is 5. The molecule has 1 aromatic heterocycles. The van der Waals surface area contributed by atoms with Crippen molar-refractivity contribution in [3.63, 3.8) is 0 Å². The molecule has 0 saturated heterocycles. The van der Waals surface area contributed by atoms with Crippen LogP contribution in [0.15, 0.2) is 6.20 Å². The lowest BCUT2D eigenvalue weighted by molar-refractivity contribution is 0.187. The Labute approximate surface area is 107 Å². The smallest absolute Gasteiger partial charge is 0.224 e. The van der Waals surface area contributed by atoms with Gasteiger partial charge in [0.15, 0.2) is 5.82 Å². The third-order valence-corrected chi connectivity index (χ3v) is 2.57. The first-order valence-corrected chi connectivity index (χ1v) is 6.08. The summed E-state index contributed by atoms with van der Waals surface area (Å²) in [6, 6.07) is 0. The van der Waals surface area contributed by atoms with Crippen LogP contribution in [0.3, 0.4) is 0 Å². The van der Waals surface area contributed by atoms with Gasteiger partial charge in [-0.05, 0) is 20.3 Å². The molecule has 1 aromatic rings. The summed E-state index contributed by atoms with van der Waals surface area (Å²) < 4.78 is 0. The van der Waals surface area contributed by atoms with Gasteiger partial charge >= 0.3 is 0 Å². The highest BCUT2D eigenvalue weighted by Gasteiger charge is 2.10. The maximum Gasteiger partial charge on any atom is 0.224 e. The molecule has 1 heterocycles. The van der Waals surface area contributed by atoms with Crippen LogP contribution in [0.25, 0.3) is 0 Å². The van der Waals surface area contributed by atoms with Crippen LogP contribution in [0.1, 0.15) is 20.3 Å². The van der Waals surface area contributed by atoms with Crippen LogP contribution in [-0.2, 0) is 0 Å². The topological polar surface area (TPSA) is 61.3 Å². The average Bonchev–Trinajstić information content (AvgIpc) is 2.29. The summed E-state index contributed by atoms with van der Waals surface area (Å²) in [5.74, 6) is 1.24. The molecule has 0 aliphatic rings. The predicted molar refractivity (Wildman–Crippen MR) is 70.8 cm³/mol. The largest absolute Gasteiger partial charge is 0.393 e. The van der Waals surface area contributed by atoms with Crippen molar-refractivity contribution in [2.45, 2.75) is 26.4 Å². The van der Waals surface area contributed by atoms with E-state index >= 15 is 0 Å². The Morgan fingerprint density at radius 3 is 2.88 bits per heavy atom. The normalized spacial score (nSPS) is 12.3. The van der Waals surface area contributed by atoms with E-state index in [1.54, 1.807) is 13.1 Å². The number of nitrogens with one attached hydrogen (secondary N) is 1. The summed E-state index contributed by atoms with van der Waals surface area (Å²) in [5, 5.41) is 12.8. The molecule has 1 atom stereocenters. The van der Waals surface area contributed by atoms with Gasteiger partial charge < -0.3 is 15.3 Å². The zero-order valence-electron chi connectivity index (χ0n) is 10.4. The van der Waals surface area contributed by atoms with Crippen molar-refractivity contribution in [3.05, 3.63) is 11.2 Å². The van der Waals surface area contributed by atoms with E-state index in [-0.39, 0.29) is 6.10 Å². The Hall–Kier alpha value is -1.07. The van der Waals surface area contributed by atoms with Gasteiger partial charge in [-0.3, -0.25) is 0 Å². The standard InChI is InChI=1S/C11H19ClN4O/c1-4-13-11-14-7-9(12)10(15-11)16(3)6-5-8(2)17/h7-8,17H,4-6H2,1-3H3,(H,13,14,15). The number of rotatable bonds is 6. The Morgan fingerprint density at radius 2 is 2.29 bits per heavy atom.